The first-order valence-corrected chi connectivity index (χ1v) is 16.2. The molecule has 0 spiro atoms. The number of carbonyl (C=O) groups is 3. The first-order valence-electron chi connectivity index (χ1n) is 16.2. The van der Waals surface area contributed by atoms with Crippen molar-refractivity contribution >= 4 is 28.8 Å². The van der Waals surface area contributed by atoms with E-state index in [1.165, 1.54) is 0 Å². The molecule has 242 valence electrons. The summed E-state index contributed by atoms with van der Waals surface area (Å²) in [6.45, 7) is 11.9. The van der Waals surface area contributed by atoms with E-state index in [1.54, 1.807) is 25.0 Å². The minimum atomic E-state index is -0.796. The Bertz CT molecular complexity index is 1360. The monoisotopic (exact) mass is 610 g/mol. The maximum absolute atomic E-state index is 13.7. The van der Waals surface area contributed by atoms with Gasteiger partial charge < -0.3 is 24.8 Å². The molecule has 2 aromatic rings. The molecular weight excluding hydrogens is 560 g/mol. The normalized spacial score (nSPS) is 23.8. The summed E-state index contributed by atoms with van der Waals surface area (Å²) in [7, 11) is 1.59. The van der Waals surface area contributed by atoms with Gasteiger partial charge in [-0.15, -0.1) is 0 Å². The lowest BCUT2D eigenvalue weighted by molar-refractivity contribution is -0.141. The number of aromatic nitrogens is 2. The number of benzene rings is 1. The zero-order chi connectivity index (χ0) is 32.2. The number of amides is 2. The number of aryl methyl sites for hydroxylation is 1. The van der Waals surface area contributed by atoms with Crippen LogP contribution in [0.1, 0.15) is 98.6 Å². The van der Waals surface area contributed by atoms with Gasteiger partial charge in [0, 0.05) is 18.5 Å². The number of alkyl carbamates (subject to hydrolysis) is 1. The molecule has 0 radical (unpaired) electrons. The second kappa shape index (κ2) is 13.7. The Morgan fingerprint density at radius 1 is 1.14 bits per heavy atom. The molecule has 1 aliphatic heterocycles. The number of ketones is 1. The van der Waals surface area contributed by atoms with Crippen LogP contribution < -0.4 is 10.1 Å². The quantitative estimate of drug-likeness (QED) is 0.265. The number of nitrogens with one attached hydrogen (secondary N) is 1. The molecule has 2 heterocycles. The largest absolute Gasteiger partial charge is 0.497 e. The molecule has 10 heteroatoms. The van der Waals surface area contributed by atoms with E-state index in [2.05, 4.69) is 15.3 Å². The molecule has 4 rings (SSSR count). The highest BCUT2D eigenvalue weighted by atomic mass is 16.6. The molecule has 2 amide bonds. The van der Waals surface area contributed by atoms with E-state index in [1.807, 2.05) is 46.8 Å². The van der Waals surface area contributed by atoms with Crippen LogP contribution in [0.25, 0.3) is 11.0 Å². The van der Waals surface area contributed by atoms with Gasteiger partial charge in [-0.05, 0) is 68.9 Å². The topological polar surface area (TPSA) is 131 Å². The molecule has 10 nitrogen and oxygen atoms in total. The van der Waals surface area contributed by atoms with Crippen LogP contribution in [0.15, 0.2) is 18.2 Å². The molecule has 2 N–H and O–H groups in total. The van der Waals surface area contributed by atoms with Crippen molar-refractivity contribution in [3.63, 3.8) is 0 Å². The van der Waals surface area contributed by atoms with E-state index >= 15 is 0 Å². The zero-order valence-electron chi connectivity index (χ0n) is 27.4. The number of aromatic hydroxyl groups is 1. The maximum Gasteiger partial charge on any atom is 0.408 e. The molecule has 2 aliphatic rings. The molecule has 5 atom stereocenters. The van der Waals surface area contributed by atoms with Crippen LogP contribution in [0.2, 0.25) is 0 Å². The summed E-state index contributed by atoms with van der Waals surface area (Å²) in [6.07, 6.45) is 6.93. The maximum atomic E-state index is 13.7. The van der Waals surface area contributed by atoms with Crippen LogP contribution in [0, 0.1) is 17.3 Å². The van der Waals surface area contributed by atoms with Gasteiger partial charge in [-0.3, -0.25) is 9.59 Å². The van der Waals surface area contributed by atoms with E-state index < -0.39 is 29.2 Å². The van der Waals surface area contributed by atoms with Gasteiger partial charge in [0.2, 0.25) is 11.8 Å². The molecule has 44 heavy (non-hydrogen) atoms. The Kier molecular flexibility index (Phi) is 10.4. The number of carbonyl (C=O) groups excluding carboxylic acids is 3. The summed E-state index contributed by atoms with van der Waals surface area (Å²) < 4.78 is 11.2. The smallest absolute Gasteiger partial charge is 0.408 e. The number of fused-ring (bicyclic) bond motifs is 1. The third-order valence-electron chi connectivity index (χ3n) is 9.58. The van der Waals surface area contributed by atoms with Gasteiger partial charge in [0.1, 0.15) is 23.1 Å². The average molecular weight is 611 g/mol. The molecule has 0 unspecified atom stereocenters. The number of methoxy groups -OCH3 is 1. The molecule has 1 aliphatic carbocycles. The first kappa shape index (κ1) is 33.5. The van der Waals surface area contributed by atoms with Crippen LogP contribution in [0.3, 0.4) is 0 Å². The summed E-state index contributed by atoms with van der Waals surface area (Å²) in [4.78, 5) is 49.9. The second-order valence-electron chi connectivity index (χ2n) is 13.6. The van der Waals surface area contributed by atoms with E-state index in [-0.39, 0.29) is 29.4 Å². The van der Waals surface area contributed by atoms with Gasteiger partial charge in [-0.25, -0.2) is 14.8 Å². The lowest BCUT2D eigenvalue weighted by Gasteiger charge is -2.36. The van der Waals surface area contributed by atoms with Crippen LogP contribution in [0.4, 0.5) is 4.79 Å². The van der Waals surface area contributed by atoms with Gasteiger partial charge in [-0.1, -0.05) is 53.9 Å². The standard InChI is InChI=1S/C34H50N4O6/c1-8-22-17-18-38(28(22)21(3)39)31(41)29(33(4,5)6)37-32(42)44-34(9-2)20-23(34)13-11-10-12-14-26-30(40)36-27-19-24(43-7)15-16-25(27)35-26/h15-16,19,22-23,28-29H,8-14,17-18,20H2,1-7H3,(H,36,40)(H,37,42)/t22-,23-,28-,29-,34-/m1/s1. The summed E-state index contributed by atoms with van der Waals surface area (Å²) in [5, 5.41) is 13.3. The van der Waals surface area contributed by atoms with Gasteiger partial charge in [0.05, 0.1) is 24.2 Å². The molecule has 1 aromatic heterocycles. The lowest BCUT2D eigenvalue weighted by Crippen LogP contribution is -2.57. The third-order valence-corrected chi connectivity index (χ3v) is 9.58. The van der Waals surface area contributed by atoms with Gasteiger partial charge >= 0.3 is 6.09 Å². The number of Topliss-reactive ketones (excluding diaryl/α,β-unsaturated/α-hetero) is 1. The van der Waals surface area contributed by atoms with Crippen LogP contribution >= 0.6 is 0 Å². The number of hydrogen-bond donors (Lipinski definition) is 2. The van der Waals surface area contributed by atoms with E-state index in [0.717, 1.165) is 50.5 Å². The van der Waals surface area contributed by atoms with Crippen molar-refractivity contribution in [2.24, 2.45) is 17.3 Å². The average Bonchev–Trinajstić information content (AvgIpc) is 3.46. The van der Waals surface area contributed by atoms with Crippen molar-refractivity contribution in [3.05, 3.63) is 23.9 Å². The van der Waals surface area contributed by atoms with Crippen molar-refractivity contribution in [2.45, 2.75) is 117 Å². The van der Waals surface area contributed by atoms with Crippen molar-refractivity contribution < 1.29 is 29.0 Å². The van der Waals surface area contributed by atoms with Gasteiger partial charge in [-0.2, -0.15) is 0 Å². The van der Waals surface area contributed by atoms with Crippen molar-refractivity contribution in [1.82, 2.24) is 20.2 Å². The van der Waals surface area contributed by atoms with Crippen LogP contribution in [0.5, 0.6) is 11.6 Å². The van der Waals surface area contributed by atoms with Gasteiger partial charge in [0.15, 0.2) is 5.78 Å². The number of ether oxygens (including phenoxy) is 2. The van der Waals surface area contributed by atoms with Crippen LogP contribution in [-0.2, 0) is 20.7 Å². The fraction of sp³-hybridized carbons (Fsp3) is 0.676. The van der Waals surface area contributed by atoms with E-state index in [9.17, 15) is 19.5 Å². The van der Waals surface area contributed by atoms with Crippen molar-refractivity contribution in [1.29, 1.82) is 0 Å². The predicted octanol–water partition coefficient (Wildman–Crippen LogP) is 5.97. The number of hydrogen-bond acceptors (Lipinski definition) is 8. The molecule has 1 saturated carbocycles. The first-order chi connectivity index (χ1) is 20.8. The number of unbranched alkanes of at least 4 members (excludes halogenated alkanes) is 2. The SMILES string of the molecule is CC[C@@H]1CCN(C(=O)[C@@H](NC(=O)O[C@]2(CC)C[C@H]2CCCCCc2nc3ccc(OC)cc3nc2O)C(C)(C)C)[C@@H]1C(C)=O. The predicted molar refractivity (Wildman–Crippen MR) is 168 cm³/mol. The molecule has 1 saturated heterocycles. The molecule has 0 bridgehead atoms. The fourth-order valence-corrected chi connectivity index (χ4v) is 6.80. The minimum absolute atomic E-state index is 0.00765. The Balaban J connectivity index is 1.27. The van der Waals surface area contributed by atoms with Crippen LogP contribution in [-0.4, -0.2) is 69.1 Å². The van der Waals surface area contributed by atoms with Crippen molar-refractivity contribution in [3.8, 4) is 11.6 Å². The van der Waals surface area contributed by atoms with Crippen molar-refractivity contribution in [2.75, 3.05) is 13.7 Å². The van der Waals surface area contributed by atoms with E-state index in [0.29, 0.717) is 36.3 Å². The third kappa shape index (κ3) is 7.44. The summed E-state index contributed by atoms with van der Waals surface area (Å²) >= 11 is 0. The summed E-state index contributed by atoms with van der Waals surface area (Å²) in [6, 6.07) is 4.19. The van der Waals surface area contributed by atoms with Gasteiger partial charge in [0.25, 0.3) is 0 Å². The summed E-state index contributed by atoms with van der Waals surface area (Å²) in [5.41, 5.74) is 0.842. The zero-order valence-corrected chi connectivity index (χ0v) is 27.4. The Morgan fingerprint density at radius 2 is 1.89 bits per heavy atom. The molecule has 1 aromatic carbocycles. The number of nitrogens with zero attached hydrogens (tertiary/aromatic N) is 3. The summed E-state index contributed by atoms with van der Waals surface area (Å²) in [5.74, 6) is 0.821. The lowest BCUT2D eigenvalue weighted by atomic mass is 9.85. The minimum Gasteiger partial charge on any atom is -0.497 e. The number of likely N-dealkylation sites (tertiary alicyclic amines) is 1. The Morgan fingerprint density at radius 3 is 2.52 bits per heavy atom. The number of rotatable bonds is 13. The molecular formula is C34H50N4O6. The fourth-order valence-electron chi connectivity index (χ4n) is 6.80. The highest BCUT2D eigenvalue weighted by Crippen LogP contribution is 2.52. The Hall–Kier alpha value is -3.43. The Labute approximate surface area is 261 Å². The second-order valence-corrected chi connectivity index (χ2v) is 13.6. The highest BCUT2D eigenvalue weighted by molar-refractivity contribution is 5.92. The highest BCUT2D eigenvalue weighted by Gasteiger charge is 2.56. The van der Waals surface area contributed by atoms with E-state index in [4.69, 9.17) is 9.47 Å². The molecule has 2 fully saturated rings.